The fourth-order valence-electron chi connectivity index (χ4n) is 6.98. The molecular formula is C36H40O3. The molecule has 3 nitrogen and oxygen atoms in total. The minimum Gasteiger partial charge on any atom is -0.423 e. The van der Waals surface area contributed by atoms with Crippen LogP contribution in [-0.4, -0.2) is 11.8 Å². The van der Waals surface area contributed by atoms with Crippen LogP contribution in [-0.2, 0) is 6.42 Å². The number of rotatable bonds is 8. The Hall–Kier alpha value is -3.46. The topological polar surface area (TPSA) is 43.4 Å². The molecule has 0 radical (unpaired) electrons. The van der Waals surface area contributed by atoms with Crippen LogP contribution in [0.15, 0.2) is 78.4 Å². The van der Waals surface area contributed by atoms with Crippen molar-refractivity contribution in [1.82, 2.24) is 0 Å². The van der Waals surface area contributed by atoms with E-state index >= 15 is 0 Å². The van der Waals surface area contributed by atoms with E-state index in [9.17, 15) is 9.59 Å². The maximum absolute atomic E-state index is 13.4. The Morgan fingerprint density at radius 2 is 1.59 bits per heavy atom. The maximum Gasteiger partial charge on any atom is 0.343 e. The van der Waals surface area contributed by atoms with Crippen molar-refractivity contribution in [3.8, 4) is 5.75 Å². The molecule has 0 saturated carbocycles. The third-order valence-corrected chi connectivity index (χ3v) is 8.88. The van der Waals surface area contributed by atoms with Crippen molar-refractivity contribution in [3.05, 3.63) is 112 Å². The van der Waals surface area contributed by atoms with E-state index < -0.39 is 0 Å². The molecule has 2 aliphatic rings. The predicted octanol–water partition coefficient (Wildman–Crippen LogP) is 9.00. The Bertz CT molecular complexity index is 1370. The SMILES string of the molecule is CC(C)=CCC[C@@H]1C(CC(=O)c2ccccc2)Cc2c(C)cc(OC(=O)c3ccccc3)c3c2[C@H]1CC[C@H]3C. The number of ketones is 1. The molecule has 0 fully saturated rings. The Morgan fingerprint density at radius 1 is 0.923 bits per heavy atom. The number of carbonyl (C=O) groups is 2. The minimum atomic E-state index is -0.303. The Kier molecular flexibility index (Phi) is 8.16. The Labute approximate surface area is 233 Å². The van der Waals surface area contributed by atoms with E-state index in [0.29, 0.717) is 35.7 Å². The average molecular weight is 521 g/mol. The van der Waals surface area contributed by atoms with Gasteiger partial charge in [-0.25, -0.2) is 4.79 Å². The number of Topliss-reactive ketones (excluding diaryl/α,β-unsaturated/α-hetero) is 1. The molecule has 0 amide bonds. The minimum absolute atomic E-state index is 0.242. The summed E-state index contributed by atoms with van der Waals surface area (Å²) < 4.78 is 6.12. The molecule has 0 bridgehead atoms. The van der Waals surface area contributed by atoms with E-state index in [2.05, 4.69) is 39.8 Å². The lowest BCUT2D eigenvalue weighted by Gasteiger charge is -2.45. The molecule has 0 N–H and O–H groups in total. The largest absolute Gasteiger partial charge is 0.423 e. The van der Waals surface area contributed by atoms with Crippen molar-refractivity contribution < 1.29 is 14.3 Å². The normalized spacial score (nSPS) is 21.5. The number of hydrogen-bond donors (Lipinski definition) is 0. The van der Waals surface area contributed by atoms with Crippen molar-refractivity contribution in [3.63, 3.8) is 0 Å². The molecule has 4 atom stereocenters. The van der Waals surface area contributed by atoms with Gasteiger partial charge in [-0.05, 0) is 111 Å². The molecule has 3 heteroatoms. The van der Waals surface area contributed by atoms with Crippen molar-refractivity contribution in [2.75, 3.05) is 0 Å². The van der Waals surface area contributed by atoms with Crippen molar-refractivity contribution in [2.45, 2.75) is 78.1 Å². The summed E-state index contributed by atoms with van der Waals surface area (Å²) in [4.78, 5) is 26.5. The highest BCUT2D eigenvalue weighted by Crippen LogP contribution is 2.55. The molecule has 0 aromatic heterocycles. The molecule has 5 rings (SSSR count). The highest BCUT2D eigenvalue weighted by Gasteiger charge is 2.43. The summed E-state index contributed by atoms with van der Waals surface area (Å²) in [5, 5.41) is 0. The fourth-order valence-corrected chi connectivity index (χ4v) is 6.98. The van der Waals surface area contributed by atoms with E-state index in [-0.39, 0.29) is 11.8 Å². The lowest BCUT2D eigenvalue weighted by molar-refractivity contribution is 0.0729. The fraction of sp³-hybridized carbons (Fsp3) is 0.389. The number of benzene rings is 3. The number of carbonyl (C=O) groups excluding carboxylic acids is 2. The van der Waals surface area contributed by atoms with Crippen LogP contribution in [0.25, 0.3) is 0 Å². The summed E-state index contributed by atoms with van der Waals surface area (Å²) in [7, 11) is 0. The maximum atomic E-state index is 13.4. The summed E-state index contributed by atoms with van der Waals surface area (Å²) in [6.07, 6.45) is 8.10. The van der Waals surface area contributed by atoms with Gasteiger partial charge in [0.2, 0.25) is 0 Å². The van der Waals surface area contributed by atoms with E-state index in [4.69, 9.17) is 4.74 Å². The second-order valence-electron chi connectivity index (χ2n) is 11.8. The molecule has 0 heterocycles. The molecule has 0 saturated heterocycles. The first-order valence-electron chi connectivity index (χ1n) is 14.5. The summed E-state index contributed by atoms with van der Waals surface area (Å²) in [6.45, 7) is 8.73. The van der Waals surface area contributed by atoms with Crippen LogP contribution in [0.3, 0.4) is 0 Å². The summed E-state index contributed by atoms with van der Waals surface area (Å²) in [6, 6.07) is 21.1. The van der Waals surface area contributed by atoms with Gasteiger partial charge >= 0.3 is 5.97 Å². The summed E-state index contributed by atoms with van der Waals surface area (Å²) in [5.74, 6) is 2.10. The van der Waals surface area contributed by atoms with Crippen LogP contribution in [0.5, 0.6) is 5.75 Å². The Morgan fingerprint density at radius 3 is 2.26 bits per heavy atom. The molecule has 1 unspecified atom stereocenters. The van der Waals surface area contributed by atoms with Crippen LogP contribution in [0.1, 0.15) is 108 Å². The predicted molar refractivity (Wildman–Crippen MR) is 158 cm³/mol. The average Bonchev–Trinajstić information content (AvgIpc) is 2.93. The van der Waals surface area contributed by atoms with Crippen molar-refractivity contribution in [1.29, 1.82) is 0 Å². The second kappa shape index (κ2) is 11.7. The molecule has 3 aromatic rings. The first-order chi connectivity index (χ1) is 18.8. The molecular weight excluding hydrogens is 480 g/mol. The van der Waals surface area contributed by atoms with Crippen LogP contribution in [0.4, 0.5) is 0 Å². The van der Waals surface area contributed by atoms with Gasteiger partial charge in [-0.2, -0.15) is 0 Å². The van der Waals surface area contributed by atoms with Crippen LogP contribution >= 0.6 is 0 Å². The van der Waals surface area contributed by atoms with Gasteiger partial charge in [0.05, 0.1) is 5.56 Å². The first kappa shape index (κ1) is 27.1. The van der Waals surface area contributed by atoms with Gasteiger partial charge in [-0.3, -0.25) is 4.79 Å². The van der Waals surface area contributed by atoms with E-state index in [1.807, 2.05) is 48.5 Å². The molecule has 2 aliphatic carbocycles. The van der Waals surface area contributed by atoms with Crippen molar-refractivity contribution >= 4 is 11.8 Å². The monoisotopic (exact) mass is 520 g/mol. The molecule has 0 spiro atoms. The number of esters is 1. The Balaban J connectivity index is 1.53. The smallest absolute Gasteiger partial charge is 0.343 e. The molecule has 202 valence electrons. The number of hydrogen-bond acceptors (Lipinski definition) is 3. The first-order valence-corrected chi connectivity index (χ1v) is 14.5. The van der Waals surface area contributed by atoms with Crippen LogP contribution in [0.2, 0.25) is 0 Å². The number of aryl methyl sites for hydroxylation is 1. The van der Waals surface area contributed by atoms with E-state index in [1.165, 1.54) is 27.8 Å². The van der Waals surface area contributed by atoms with E-state index in [0.717, 1.165) is 43.4 Å². The standard InChI is InChI=1S/C36H40O3/c1-23(2)12-11-17-29-28(22-32(37)26-13-7-5-8-14-26)21-31-25(4)20-33(34-24(3)18-19-30(29)35(31)34)39-36(38)27-15-9-6-10-16-27/h5-10,12-16,20,24,28-30H,11,17-19,21-22H2,1-4H3/t24-,28?,29-,30+/m1/s1. The highest BCUT2D eigenvalue weighted by atomic mass is 16.5. The number of ether oxygens (including phenoxy) is 1. The zero-order valence-electron chi connectivity index (χ0n) is 23.7. The van der Waals surface area contributed by atoms with Crippen LogP contribution < -0.4 is 4.74 Å². The van der Waals surface area contributed by atoms with Gasteiger partial charge < -0.3 is 4.74 Å². The van der Waals surface area contributed by atoms with Gasteiger partial charge in [0, 0.05) is 17.5 Å². The molecule has 0 aliphatic heterocycles. The summed E-state index contributed by atoms with van der Waals surface area (Å²) in [5.41, 5.74) is 7.90. The van der Waals surface area contributed by atoms with Gasteiger partial charge in [-0.1, -0.05) is 67.1 Å². The third kappa shape index (κ3) is 5.78. The molecule has 39 heavy (non-hydrogen) atoms. The van der Waals surface area contributed by atoms with Gasteiger partial charge in [-0.15, -0.1) is 0 Å². The van der Waals surface area contributed by atoms with Gasteiger partial charge in [0.15, 0.2) is 5.78 Å². The molecule has 3 aromatic carbocycles. The second-order valence-corrected chi connectivity index (χ2v) is 11.8. The van der Waals surface area contributed by atoms with Gasteiger partial charge in [0.25, 0.3) is 0 Å². The zero-order chi connectivity index (χ0) is 27.5. The van der Waals surface area contributed by atoms with Crippen LogP contribution in [0, 0.1) is 18.8 Å². The highest BCUT2D eigenvalue weighted by molar-refractivity contribution is 5.96. The van der Waals surface area contributed by atoms with E-state index in [1.54, 1.807) is 12.1 Å². The quantitative estimate of drug-likeness (QED) is 0.129. The lowest BCUT2D eigenvalue weighted by atomic mass is 9.59. The van der Waals surface area contributed by atoms with Gasteiger partial charge in [0.1, 0.15) is 5.75 Å². The number of allylic oxidation sites excluding steroid dienone is 2. The third-order valence-electron chi connectivity index (χ3n) is 8.88. The zero-order valence-corrected chi connectivity index (χ0v) is 23.7. The summed E-state index contributed by atoms with van der Waals surface area (Å²) >= 11 is 0. The van der Waals surface area contributed by atoms with Crippen molar-refractivity contribution in [2.24, 2.45) is 11.8 Å². The lowest BCUT2D eigenvalue weighted by Crippen LogP contribution is -2.35.